The molecule has 2 aromatic carbocycles. The number of hydrogen-bond donors (Lipinski definition) is 1. The minimum absolute atomic E-state index is 0.330. The Balaban J connectivity index is 1.74. The van der Waals surface area contributed by atoms with Crippen molar-refractivity contribution in [3.8, 4) is 5.75 Å². The quantitative estimate of drug-likeness (QED) is 0.796. The third-order valence-corrected chi connectivity index (χ3v) is 4.37. The first-order valence-corrected chi connectivity index (χ1v) is 6.89. The van der Waals surface area contributed by atoms with Gasteiger partial charge in [-0.3, -0.25) is 0 Å². The number of aliphatic hydroxyl groups excluding tert-OH is 1. The van der Waals surface area contributed by atoms with Gasteiger partial charge in [0.15, 0.2) is 0 Å². The zero-order chi connectivity index (χ0) is 13.7. The summed E-state index contributed by atoms with van der Waals surface area (Å²) in [6.45, 7) is 0. The van der Waals surface area contributed by atoms with Crippen molar-refractivity contribution in [2.45, 2.75) is 31.0 Å². The summed E-state index contributed by atoms with van der Waals surface area (Å²) in [6, 6.07) is 12.6. The number of aliphatic hydroxyl groups is 1. The Morgan fingerprint density at radius 1 is 1.10 bits per heavy atom. The van der Waals surface area contributed by atoms with Crippen LogP contribution in [0.15, 0.2) is 42.5 Å². The molecule has 102 valence electrons. The van der Waals surface area contributed by atoms with Crippen LogP contribution in [0.4, 0.5) is 4.39 Å². The van der Waals surface area contributed by atoms with E-state index < -0.39 is 11.7 Å². The van der Waals surface area contributed by atoms with Crippen molar-refractivity contribution in [1.29, 1.82) is 0 Å². The minimum atomic E-state index is -0.589. The Hall–Kier alpha value is -1.87. The minimum Gasteiger partial charge on any atom is -0.486 e. The van der Waals surface area contributed by atoms with E-state index in [1.54, 1.807) is 6.07 Å². The highest BCUT2D eigenvalue weighted by Gasteiger charge is 2.44. The fourth-order valence-electron chi connectivity index (χ4n) is 3.48. The summed E-state index contributed by atoms with van der Waals surface area (Å²) in [5.74, 6) is 0.153. The van der Waals surface area contributed by atoms with Crippen molar-refractivity contribution < 1.29 is 14.2 Å². The molecule has 2 nitrogen and oxygen atoms in total. The van der Waals surface area contributed by atoms with Crippen molar-refractivity contribution >= 4 is 0 Å². The van der Waals surface area contributed by atoms with Gasteiger partial charge in [-0.25, -0.2) is 4.39 Å². The number of benzene rings is 2. The van der Waals surface area contributed by atoms with Crippen LogP contribution in [0, 0.1) is 5.82 Å². The van der Waals surface area contributed by atoms with E-state index in [2.05, 4.69) is 12.1 Å². The van der Waals surface area contributed by atoms with Gasteiger partial charge >= 0.3 is 0 Å². The number of ether oxygens (including phenoxy) is 1. The molecule has 0 unspecified atom stereocenters. The fraction of sp³-hybridized carbons (Fsp3) is 0.294. The van der Waals surface area contributed by atoms with Crippen LogP contribution < -0.4 is 4.74 Å². The third kappa shape index (κ3) is 1.74. The third-order valence-electron chi connectivity index (χ3n) is 4.37. The van der Waals surface area contributed by atoms with Gasteiger partial charge in [0, 0.05) is 30.9 Å². The second-order valence-electron chi connectivity index (χ2n) is 5.81. The molecule has 1 heterocycles. The molecular weight excluding hydrogens is 255 g/mol. The molecule has 20 heavy (non-hydrogen) atoms. The summed E-state index contributed by atoms with van der Waals surface area (Å²) in [7, 11) is 0. The van der Waals surface area contributed by atoms with Gasteiger partial charge in [0.2, 0.25) is 0 Å². The summed E-state index contributed by atoms with van der Waals surface area (Å²) >= 11 is 0. The predicted molar refractivity (Wildman–Crippen MR) is 73.2 cm³/mol. The van der Waals surface area contributed by atoms with Crippen molar-refractivity contribution in [2.75, 3.05) is 0 Å². The molecule has 0 saturated heterocycles. The number of hydrogen-bond acceptors (Lipinski definition) is 2. The lowest BCUT2D eigenvalue weighted by atomic mass is 9.86. The predicted octanol–water partition coefficient (Wildman–Crippen LogP) is 3.18. The molecule has 2 aliphatic rings. The Labute approximate surface area is 116 Å². The monoisotopic (exact) mass is 270 g/mol. The highest BCUT2D eigenvalue weighted by Crippen LogP contribution is 2.46. The van der Waals surface area contributed by atoms with Gasteiger partial charge in [0.25, 0.3) is 0 Å². The molecule has 2 aromatic rings. The maximum Gasteiger partial charge on any atom is 0.128 e. The summed E-state index contributed by atoms with van der Waals surface area (Å²) in [4.78, 5) is 0. The molecule has 1 atom stereocenters. The lowest BCUT2D eigenvalue weighted by Gasteiger charge is -2.38. The van der Waals surface area contributed by atoms with Crippen LogP contribution in [0.3, 0.4) is 0 Å². The van der Waals surface area contributed by atoms with E-state index in [1.165, 1.54) is 23.3 Å². The van der Waals surface area contributed by atoms with Crippen molar-refractivity contribution in [2.24, 2.45) is 0 Å². The van der Waals surface area contributed by atoms with Crippen molar-refractivity contribution in [1.82, 2.24) is 0 Å². The van der Waals surface area contributed by atoms with E-state index >= 15 is 0 Å². The maximum atomic E-state index is 13.4. The van der Waals surface area contributed by atoms with Crippen LogP contribution in [-0.4, -0.2) is 10.7 Å². The smallest absolute Gasteiger partial charge is 0.128 e. The molecule has 3 heteroatoms. The summed E-state index contributed by atoms with van der Waals surface area (Å²) in [6.07, 6.45) is 1.51. The van der Waals surface area contributed by atoms with Gasteiger partial charge in [0.1, 0.15) is 17.2 Å². The van der Waals surface area contributed by atoms with Crippen molar-refractivity contribution in [3.63, 3.8) is 0 Å². The van der Waals surface area contributed by atoms with E-state index in [0.717, 1.165) is 12.8 Å². The average molecular weight is 270 g/mol. The van der Waals surface area contributed by atoms with Gasteiger partial charge in [-0.05, 0) is 23.3 Å². The molecule has 1 aliphatic carbocycles. The average Bonchev–Trinajstić information content (AvgIpc) is 2.74. The molecule has 1 aliphatic heterocycles. The van der Waals surface area contributed by atoms with Gasteiger partial charge < -0.3 is 9.84 Å². The maximum absolute atomic E-state index is 13.4. The van der Waals surface area contributed by atoms with Crippen LogP contribution in [0.25, 0.3) is 0 Å². The highest BCUT2D eigenvalue weighted by atomic mass is 19.1. The van der Waals surface area contributed by atoms with Gasteiger partial charge in [-0.15, -0.1) is 0 Å². The first kappa shape index (κ1) is 11.9. The Bertz CT molecular complexity index is 655. The van der Waals surface area contributed by atoms with Crippen LogP contribution in [0.1, 0.15) is 29.2 Å². The molecule has 0 fully saturated rings. The topological polar surface area (TPSA) is 29.5 Å². The summed E-state index contributed by atoms with van der Waals surface area (Å²) < 4.78 is 19.5. The highest BCUT2D eigenvalue weighted by molar-refractivity contribution is 5.42. The second kappa shape index (κ2) is 4.06. The van der Waals surface area contributed by atoms with Crippen LogP contribution in [0.2, 0.25) is 0 Å². The standard InChI is InChI=1S/C17H15FO2/c18-13-5-6-14-15(19)10-17(20-16(14)7-13)8-11-3-1-2-4-12(11)9-17/h1-7,15,19H,8-10H2/t15-/m0/s1. The second-order valence-corrected chi connectivity index (χ2v) is 5.81. The van der Waals surface area contributed by atoms with E-state index in [9.17, 15) is 9.50 Å². The summed E-state index contributed by atoms with van der Waals surface area (Å²) in [5, 5.41) is 10.4. The zero-order valence-corrected chi connectivity index (χ0v) is 11.0. The molecule has 4 rings (SSSR count). The SMILES string of the molecule is O[C@H]1CC2(Cc3ccccc3C2)Oc2cc(F)ccc21. The molecular formula is C17H15FO2. The molecule has 0 amide bonds. The number of fused-ring (bicyclic) bond motifs is 2. The zero-order valence-electron chi connectivity index (χ0n) is 11.0. The lowest BCUT2D eigenvalue weighted by molar-refractivity contribution is -0.00732. The number of rotatable bonds is 0. The fourth-order valence-corrected chi connectivity index (χ4v) is 3.48. The molecule has 0 radical (unpaired) electrons. The van der Waals surface area contributed by atoms with E-state index in [4.69, 9.17) is 4.74 Å². The molecule has 0 aromatic heterocycles. The molecule has 1 spiro atoms. The number of halogens is 1. The molecule has 1 N–H and O–H groups in total. The molecule has 0 bridgehead atoms. The first-order chi connectivity index (χ1) is 9.65. The van der Waals surface area contributed by atoms with Crippen molar-refractivity contribution in [3.05, 3.63) is 65.0 Å². The first-order valence-electron chi connectivity index (χ1n) is 6.89. The van der Waals surface area contributed by atoms with E-state index in [0.29, 0.717) is 17.7 Å². The van der Waals surface area contributed by atoms with Gasteiger partial charge in [0.05, 0.1) is 6.10 Å². The summed E-state index contributed by atoms with van der Waals surface area (Å²) in [5.41, 5.74) is 2.79. The Morgan fingerprint density at radius 3 is 2.50 bits per heavy atom. The van der Waals surface area contributed by atoms with Crippen LogP contribution in [0.5, 0.6) is 5.75 Å². The Morgan fingerprint density at radius 2 is 1.80 bits per heavy atom. The normalized spacial score (nSPS) is 22.2. The van der Waals surface area contributed by atoms with Gasteiger partial charge in [-0.2, -0.15) is 0 Å². The van der Waals surface area contributed by atoms with E-state index in [-0.39, 0.29) is 5.82 Å². The van der Waals surface area contributed by atoms with Gasteiger partial charge in [-0.1, -0.05) is 24.3 Å². The molecule has 0 saturated carbocycles. The largest absolute Gasteiger partial charge is 0.486 e. The lowest BCUT2D eigenvalue weighted by Crippen LogP contribution is -2.42. The van der Waals surface area contributed by atoms with E-state index in [1.807, 2.05) is 12.1 Å². The van der Waals surface area contributed by atoms with Crippen LogP contribution >= 0.6 is 0 Å². The van der Waals surface area contributed by atoms with Crippen LogP contribution in [-0.2, 0) is 12.8 Å². The Kier molecular flexibility index (Phi) is 2.42.